The van der Waals surface area contributed by atoms with Gasteiger partial charge in [-0.3, -0.25) is 0 Å². The van der Waals surface area contributed by atoms with Crippen molar-refractivity contribution in [1.82, 2.24) is 0 Å². The van der Waals surface area contributed by atoms with Crippen molar-refractivity contribution >= 4 is 11.3 Å². The topological polar surface area (TPSA) is 76.3 Å². The quantitative estimate of drug-likeness (QED) is 0.547. The van der Waals surface area contributed by atoms with E-state index in [1.54, 1.807) is 0 Å². The fourth-order valence-electron chi connectivity index (χ4n) is 4.05. The SMILES string of the molecule is CC/C=C(\c1cc(C#N)c(C)cc1C)c1cccc2c1CCC(C)(C)N2.CCC(O)CO. The lowest BCUT2D eigenvalue weighted by Crippen LogP contribution is -2.35. The number of aliphatic hydroxyl groups is 2. The van der Waals surface area contributed by atoms with Gasteiger partial charge in [0.25, 0.3) is 0 Å². The highest BCUT2D eigenvalue weighted by Gasteiger charge is 2.26. The fourth-order valence-corrected chi connectivity index (χ4v) is 4.05. The maximum absolute atomic E-state index is 9.49. The molecule has 0 aliphatic carbocycles. The van der Waals surface area contributed by atoms with Gasteiger partial charge in [-0.2, -0.15) is 5.26 Å². The third-order valence-corrected chi connectivity index (χ3v) is 6.01. The van der Waals surface area contributed by atoms with Crippen LogP contribution in [0, 0.1) is 25.2 Å². The molecule has 1 aliphatic rings. The van der Waals surface area contributed by atoms with Gasteiger partial charge in [0, 0.05) is 11.2 Å². The van der Waals surface area contributed by atoms with E-state index in [1.165, 1.54) is 33.5 Å². The van der Waals surface area contributed by atoms with Crippen molar-refractivity contribution in [3.8, 4) is 6.07 Å². The van der Waals surface area contributed by atoms with Crippen LogP contribution in [0.3, 0.4) is 0 Å². The van der Waals surface area contributed by atoms with E-state index in [1.807, 2.05) is 13.8 Å². The monoisotopic (exact) mass is 434 g/mol. The summed E-state index contributed by atoms with van der Waals surface area (Å²) < 4.78 is 0. The number of nitriles is 1. The van der Waals surface area contributed by atoms with E-state index in [-0.39, 0.29) is 12.1 Å². The molecule has 4 heteroatoms. The molecule has 0 saturated carbocycles. The van der Waals surface area contributed by atoms with Crippen LogP contribution in [0.5, 0.6) is 0 Å². The molecule has 32 heavy (non-hydrogen) atoms. The first-order chi connectivity index (χ1) is 15.2. The number of aliphatic hydroxyl groups excluding tert-OH is 2. The van der Waals surface area contributed by atoms with Crippen molar-refractivity contribution < 1.29 is 10.2 Å². The Morgan fingerprint density at radius 2 is 1.91 bits per heavy atom. The second kappa shape index (κ2) is 11.3. The van der Waals surface area contributed by atoms with Gasteiger partial charge in [0.05, 0.1) is 24.3 Å². The Labute approximate surface area is 193 Å². The van der Waals surface area contributed by atoms with Crippen LogP contribution in [-0.4, -0.2) is 28.5 Å². The van der Waals surface area contributed by atoms with Crippen LogP contribution in [0.15, 0.2) is 36.4 Å². The second-order valence-electron chi connectivity index (χ2n) is 9.21. The number of fused-ring (bicyclic) bond motifs is 1. The van der Waals surface area contributed by atoms with E-state index >= 15 is 0 Å². The van der Waals surface area contributed by atoms with Crippen molar-refractivity contribution in [2.45, 2.75) is 78.9 Å². The van der Waals surface area contributed by atoms with Crippen LogP contribution in [0.2, 0.25) is 0 Å². The molecule has 0 bridgehead atoms. The summed E-state index contributed by atoms with van der Waals surface area (Å²) in [5, 5.41) is 29.7. The molecule has 3 N–H and O–H groups in total. The number of anilines is 1. The Morgan fingerprint density at radius 1 is 1.19 bits per heavy atom. The lowest BCUT2D eigenvalue weighted by molar-refractivity contribution is 0.0923. The molecule has 1 atom stereocenters. The average molecular weight is 435 g/mol. The number of benzene rings is 2. The molecule has 2 aromatic rings. The highest BCUT2D eigenvalue weighted by Crippen LogP contribution is 2.38. The molecule has 0 amide bonds. The van der Waals surface area contributed by atoms with Gasteiger partial charge < -0.3 is 15.5 Å². The van der Waals surface area contributed by atoms with Gasteiger partial charge in [0.2, 0.25) is 0 Å². The van der Waals surface area contributed by atoms with E-state index in [0.717, 1.165) is 30.4 Å². The fraction of sp³-hybridized carbons (Fsp3) is 0.464. The van der Waals surface area contributed by atoms with Crippen LogP contribution < -0.4 is 5.32 Å². The van der Waals surface area contributed by atoms with Gasteiger partial charge in [0.15, 0.2) is 0 Å². The summed E-state index contributed by atoms with van der Waals surface area (Å²) in [6.45, 7) is 12.5. The molecule has 1 heterocycles. The molecule has 2 aromatic carbocycles. The first-order valence-corrected chi connectivity index (χ1v) is 11.6. The van der Waals surface area contributed by atoms with E-state index in [0.29, 0.717) is 6.42 Å². The summed E-state index contributed by atoms with van der Waals surface area (Å²) in [5.74, 6) is 0. The van der Waals surface area contributed by atoms with Crippen LogP contribution >= 0.6 is 0 Å². The number of hydrogen-bond acceptors (Lipinski definition) is 4. The van der Waals surface area contributed by atoms with Gasteiger partial charge >= 0.3 is 0 Å². The normalized spacial score (nSPS) is 15.5. The minimum Gasteiger partial charge on any atom is -0.394 e. The molecule has 0 saturated heterocycles. The summed E-state index contributed by atoms with van der Waals surface area (Å²) in [6, 6.07) is 13.1. The average Bonchev–Trinajstić information content (AvgIpc) is 2.76. The van der Waals surface area contributed by atoms with Crippen molar-refractivity contribution in [2.75, 3.05) is 11.9 Å². The van der Waals surface area contributed by atoms with Crippen LogP contribution in [0.25, 0.3) is 5.57 Å². The zero-order chi connectivity index (χ0) is 23.9. The lowest BCUT2D eigenvalue weighted by Gasteiger charge is -2.35. The molecule has 3 rings (SSSR count). The van der Waals surface area contributed by atoms with Crippen LogP contribution in [0.4, 0.5) is 5.69 Å². The first kappa shape index (κ1) is 25.6. The summed E-state index contributed by atoms with van der Waals surface area (Å²) in [5.41, 5.74) is 9.52. The predicted octanol–water partition coefficient (Wildman–Crippen LogP) is 5.90. The number of nitrogens with one attached hydrogen (secondary N) is 1. The molecule has 1 unspecified atom stereocenters. The Hall–Kier alpha value is -2.61. The number of allylic oxidation sites excluding steroid dienone is 1. The number of aryl methyl sites for hydroxylation is 2. The van der Waals surface area contributed by atoms with E-state index < -0.39 is 6.10 Å². The summed E-state index contributed by atoms with van der Waals surface area (Å²) in [4.78, 5) is 0. The Morgan fingerprint density at radius 3 is 2.47 bits per heavy atom. The third kappa shape index (κ3) is 6.22. The molecule has 0 radical (unpaired) electrons. The molecule has 1 aliphatic heterocycles. The van der Waals surface area contributed by atoms with Crippen molar-refractivity contribution in [3.63, 3.8) is 0 Å². The minimum atomic E-state index is -0.509. The van der Waals surface area contributed by atoms with Gasteiger partial charge in [-0.15, -0.1) is 0 Å². The largest absolute Gasteiger partial charge is 0.394 e. The Balaban J connectivity index is 0.000000534. The predicted molar refractivity (Wildman–Crippen MR) is 134 cm³/mol. The van der Waals surface area contributed by atoms with E-state index in [4.69, 9.17) is 10.2 Å². The number of nitrogens with zero attached hydrogens (tertiary/aromatic N) is 1. The lowest BCUT2D eigenvalue weighted by atomic mass is 9.82. The maximum atomic E-state index is 9.49. The smallest absolute Gasteiger partial charge is 0.0994 e. The van der Waals surface area contributed by atoms with Crippen molar-refractivity contribution in [3.05, 3.63) is 69.8 Å². The van der Waals surface area contributed by atoms with Crippen molar-refractivity contribution in [1.29, 1.82) is 5.26 Å². The standard InChI is InChI=1S/C24H28N2.C4H10O2/c1-6-8-19(22-14-18(15-25)16(2)13-17(22)3)20-9-7-10-23-21(20)11-12-24(4,5)26-23;1-2-4(6)3-5/h7-10,13-14,26H,6,11-12H2,1-5H3;4-6H,2-3H2,1H3/b19-8-;. The van der Waals surface area contributed by atoms with Crippen molar-refractivity contribution in [2.24, 2.45) is 0 Å². The summed E-state index contributed by atoms with van der Waals surface area (Å²) in [7, 11) is 0. The van der Waals surface area contributed by atoms with Gasteiger partial charge in [-0.05, 0) is 98.9 Å². The van der Waals surface area contributed by atoms with Crippen LogP contribution in [-0.2, 0) is 6.42 Å². The van der Waals surface area contributed by atoms with Gasteiger partial charge in [-0.1, -0.05) is 38.1 Å². The second-order valence-corrected chi connectivity index (χ2v) is 9.21. The molecule has 0 aromatic heterocycles. The molecule has 172 valence electrons. The molecule has 4 nitrogen and oxygen atoms in total. The zero-order valence-electron chi connectivity index (χ0n) is 20.4. The third-order valence-electron chi connectivity index (χ3n) is 6.01. The number of rotatable bonds is 5. The van der Waals surface area contributed by atoms with E-state index in [2.05, 4.69) is 75.5 Å². The Bertz CT molecular complexity index is 995. The summed E-state index contributed by atoms with van der Waals surface area (Å²) >= 11 is 0. The highest BCUT2D eigenvalue weighted by molar-refractivity contribution is 5.86. The van der Waals surface area contributed by atoms with E-state index in [9.17, 15) is 5.26 Å². The number of hydrogen-bond donors (Lipinski definition) is 3. The van der Waals surface area contributed by atoms with Gasteiger partial charge in [0.1, 0.15) is 0 Å². The molecular formula is C28H38N2O2. The van der Waals surface area contributed by atoms with Crippen LogP contribution in [0.1, 0.15) is 80.3 Å². The zero-order valence-corrected chi connectivity index (χ0v) is 20.4. The Kier molecular flexibility index (Phi) is 9.07. The summed E-state index contributed by atoms with van der Waals surface area (Å²) in [6.07, 6.45) is 5.58. The first-order valence-electron chi connectivity index (χ1n) is 11.6. The molecule has 0 spiro atoms. The maximum Gasteiger partial charge on any atom is 0.0994 e. The minimum absolute atomic E-state index is 0.115. The molecular weight excluding hydrogens is 396 g/mol. The highest BCUT2D eigenvalue weighted by atomic mass is 16.3. The van der Waals surface area contributed by atoms with Gasteiger partial charge in [-0.25, -0.2) is 0 Å². The molecule has 0 fully saturated rings.